The number of ether oxygens (including phenoxy) is 3. The lowest BCUT2D eigenvalue weighted by Gasteiger charge is -2.21. The van der Waals surface area contributed by atoms with Crippen LogP contribution in [0.3, 0.4) is 0 Å². The zero-order valence-corrected chi connectivity index (χ0v) is 9.83. The van der Waals surface area contributed by atoms with Gasteiger partial charge in [0.1, 0.15) is 12.1 Å². The maximum absolute atomic E-state index is 14.4. The van der Waals surface area contributed by atoms with Gasteiger partial charge in [-0.1, -0.05) is 0 Å². The summed E-state index contributed by atoms with van der Waals surface area (Å²) in [6, 6.07) is -0.347. The Hall–Kier alpha value is -2.20. The molecule has 1 aromatic rings. The number of carbonyl (C=O) groups excluding carboxylic acids is 1. The first kappa shape index (κ1) is 11.6. The van der Waals surface area contributed by atoms with E-state index in [1.807, 2.05) is 0 Å². The van der Waals surface area contributed by atoms with Gasteiger partial charge in [-0.25, -0.2) is 14.0 Å². The molecule has 3 heterocycles. The van der Waals surface area contributed by atoms with Gasteiger partial charge in [-0.05, 0) is 6.04 Å². The number of carbonyl (C=O) groups is 1. The molecule has 0 aliphatic carbocycles. The number of hydrogen-bond donors (Lipinski definition) is 3. The summed E-state index contributed by atoms with van der Waals surface area (Å²) in [6.07, 6.45) is -4.45. The molecule has 2 aliphatic rings. The van der Waals surface area contributed by atoms with Crippen LogP contribution in [0.25, 0.3) is 0 Å². The number of aromatic nitrogens is 2. The van der Waals surface area contributed by atoms with Gasteiger partial charge in [-0.15, -0.1) is 0 Å². The fourth-order valence-corrected chi connectivity index (χ4v) is 2.18. The zero-order valence-electron chi connectivity index (χ0n) is 10.8. The minimum absolute atomic E-state index is 0.347. The topological polar surface area (TPSA) is 127 Å². The second-order valence-electron chi connectivity index (χ2n) is 4.31. The highest BCUT2D eigenvalue weighted by Gasteiger charge is 2.64. The van der Waals surface area contributed by atoms with Crippen LogP contribution in [0.2, 0.25) is 0 Å². The minimum Gasteiger partial charge on any atom is -0.422 e. The molecule has 0 amide bonds. The van der Waals surface area contributed by atoms with Gasteiger partial charge in [-0.2, -0.15) is 0 Å². The number of aromatic amines is 1. The van der Waals surface area contributed by atoms with Crippen molar-refractivity contribution in [3.8, 4) is 0 Å². The molecule has 2 aliphatic heterocycles. The highest BCUT2D eigenvalue weighted by molar-refractivity contribution is 5.63. The number of alkyl halides is 1. The molecule has 20 heavy (non-hydrogen) atoms. The molecule has 0 unspecified atom stereocenters. The van der Waals surface area contributed by atoms with Crippen LogP contribution in [0, 0.1) is 5.41 Å². The molecule has 9 nitrogen and oxygen atoms in total. The van der Waals surface area contributed by atoms with E-state index in [1.54, 1.807) is 0 Å². The number of aliphatic hydroxyl groups excluding tert-OH is 1. The minimum atomic E-state index is -2.72. The molecule has 1 aromatic heterocycles. The second-order valence-corrected chi connectivity index (χ2v) is 4.31. The molecule has 4 atom stereocenters. The lowest BCUT2D eigenvalue weighted by Crippen LogP contribution is -2.41. The Kier molecular flexibility index (Phi) is 2.41. The van der Waals surface area contributed by atoms with Gasteiger partial charge in [-0.3, -0.25) is 15.0 Å². The van der Waals surface area contributed by atoms with Gasteiger partial charge in [0.25, 0.3) is 5.85 Å². The molecule has 10 heteroatoms. The first-order chi connectivity index (χ1) is 9.85. The van der Waals surface area contributed by atoms with E-state index in [2.05, 4.69) is 9.72 Å². The van der Waals surface area contributed by atoms with Gasteiger partial charge in [0.15, 0.2) is 12.3 Å². The summed E-state index contributed by atoms with van der Waals surface area (Å²) in [5, 5.41) is 16.4. The van der Waals surface area contributed by atoms with Crippen LogP contribution in [0.15, 0.2) is 17.0 Å². The lowest BCUT2D eigenvalue weighted by molar-refractivity contribution is -0.210. The van der Waals surface area contributed by atoms with Crippen LogP contribution in [0.5, 0.6) is 0 Å². The Labute approximate surface area is 111 Å². The van der Waals surface area contributed by atoms with Crippen LogP contribution in [0.4, 0.5) is 9.18 Å². The third-order valence-corrected chi connectivity index (χ3v) is 3.08. The quantitative estimate of drug-likeness (QED) is 0.583. The summed E-state index contributed by atoms with van der Waals surface area (Å²) in [5.41, 5.74) is -1.29. The first-order valence-corrected chi connectivity index (χ1v) is 5.57. The predicted molar refractivity (Wildman–Crippen MR) is 57.1 cm³/mol. The number of fused-ring (bicyclic) bond motifs is 1. The molecule has 108 valence electrons. The van der Waals surface area contributed by atoms with E-state index in [0.29, 0.717) is 0 Å². The van der Waals surface area contributed by atoms with Crippen LogP contribution in [0.1, 0.15) is 7.60 Å². The zero-order chi connectivity index (χ0) is 15.4. The van der Waals surface area contributed by atoms with Crippen molar-refractivity contribution in [2.24, 2.45) is 0 Å². The van der Waals surface area contributed by atoms with E-state index in [1.165, 1.54) is 0 Å². The highest BCUT2D eigenvalue weighted by atomic mass is 19.2. The molecular weight excluding hydrogens is 277 g/mol. The van der Waals surface area contributed by atoms with Crippen LogP contribution in [-0.2, 0) is 14.2 Å². The van der Waals surface area contributed by atoms with Gasteiger partial charge in [0.2, 0.25) is 6.10 Å². The van der Waals surface area contributed by atoms with E-state index in [0.717, 1.165) is 10.8 Å². The van der Waals surface area contributed by atoms with Gasteiger partial charge >= 0.3 is 11.8 Å². The summed E-state index contributed by atoms with van der Waals surface area (Å²) in [6.45, 7) is -1.11. The molecule has 3 rings (SSSR count). The Balaban J connectivity index is 2.07. The molecule has 0 radical (unpaired) electrons. The van der Waals surface area contributed by atoms with Crippen molar-refractivity contribution in [3.05, 3.63) is 28.2 Å². The molecule has 3 N–H and O–H groups in total. The van der Waals surface area contributed by atoms with Crippen molar-refractivity contribution in [1.82, 2.24) is 9.55 Å². The van der Waals surface area contributed by atoms with E-state index in [-0.39, 0.29) is 6.04 Å². The largest absolute Gasteiger partial charge is 0.509 e. The molecule has 2 fully saturated rings. The van der Waals surface area contributed by atoms with Crippen LogP contribution < -0.4 is 11.2 Å². The standard InChI is InChI=1S/C10H10FN3O6/c11-10(3-15)6-5(18-9(17)19-6)7(20-10)14-2-1-4(12)13-8(14)16/h1-2,5-7,15H,3H2,(H2,12,13,16)/t5-,6+,7-,10-/m1/s1/i1D. The first-order valence-electron chi connectivity index (χ1n) is 6.07. The van der Waals surface area contributed by atoms with Crippen LogP contribution in [-0.4, -0.2) is 45.5 Å². The number of H-pyrrole nitrogens is 1. The molecular formula is C10H10FN3O6. The number of aliphatic hydroxyl groups is 1. The third kappa shape index (κ3) is 1.72. The van der Waals surface area contributed by atoms with E-state index in [9.17, 15) is 14.0 Å². The number of rotatable bonds is 2. The number of nitrogens with zero attached hydrogens (tertiary/aromatic N) is 1. The summed E-state index contributed by atoms with van der Waals surface area (Å²) < 4.78 is 36.9. The summed E-state index contributed by atoms with van der Waals surface area (Å²) in [7, 11) is 0. The normalized spacial score (nSPS) is 36.2. The molecule has 0 bridgehead atoms. The molecule has 0 saturated carbocycles. The molecule has 0 spiro atoms. The average Bonchev–Trinajstić information content (AvgIpc) is 2.93. The number of halogens is 1. The van der Waals surface area contributed by atoms with Crippen molar-refractivity contribution in [2.45, 2.75) is 24.3 Å². The van der Waals surface area contributed by atoms with Crippen molar-refractivity contribution in [2.75, 3.05) is 6.61 Å². The van der Waals surface area contributed by atoms with Crippen molar-refractivity contribution < 1.29 is 29.9 Å². The van der Waals surface area contributed by atoms with Crippen molar-refractivity contribution >= 4 is 6.16 Å². The molecule has 0 aromatic carbocycles. The van der Waals surface area contributed by atoms with Gasteiger partial charge < -0.3 is 19.3 Å². The van der Waals surface area contributed by atoms with Gasteiger partial charge in [0.05, 0.1) is 1.37 Å². The predicted octanol–water partition coefficient (Wildman–Crippen LogP) is -1.25. The van der Waals surface area contributed by atoms with Gasteiger partial charge in [0, 0.05) is 6.20 Å². The Bertz CT molecular complexity index is 719. The third-order valence-electron chi connectivity index (χ3n) is 3.08. The van der Waals surface area contributed by atoms with Crippen LogP contribution >= 0.6 is 0 Å². The average molecular weight is 288 g/mol. The Morgan fingerprint density at radius 2 is 2.35 bits per heavy atom. The van der Waals surface area contributed by atoms with E-state index >= 15 is 0 Å². The fraction of sp³-hybridized carbons (Fsp3) is 0.500. The maximum atomic E-state index is 14.4. The maximum Gasteiger partial charge on any atom is 0.509 e. The van der Waals surface area contributed by atoms with Crippen molar-refractivity contribution in [1.29, 1.82) is 5.41 Å². The smallest absolute Gasteiger partial charge is 0.422 e. The van der Waals surface area contributed by atoms with E-state index < -0.39 is 48.2 Å². The summed E-state index contributed by atoms with van der Waals surface area (Å²) >= 11 is 0. The Morgan fingerprint density at radius 3 is 3.05 bits per heavy atom. The van der Waals surface area contributed by atoms with E-state index in [4.69, 9.17) is 21.4 Å². The second kappa shape index (κ2) is 4.15. The highest BCUT2D eigenvalue weighted by Crippen LogP contribution is 2.44. The monoisotopic (exact) mass is 288 g/mol. The van der Waals surface area contributed by atoms with Crippen molar-refractivity contribution in [3.63, 3.8) is 0 Å². The summed E-state index contributed by atoms with van der Waals surface area (Å²) in [5.74, 6) is -2.72. The SMILES string of the molecule is [2H]c1cn([C@@H]2O[C@](F)(CO)[C@H]3OC(=O)O[C@@H]23)c(=O)[nH]c1=N. The fourth-order valence-electron chi connectivity index (χ4n) is 2.18. The number of hydrogen-bond acceptors (Lipinski definition) is 7. The number of nitrogens with one attached hydrogen (secondary N) is 2. The Morgan fingerprint density at radius 1 is 1.60 bits per heavy atom. The summed E-state index contributed by atoms with van der Waals surface area (Å²) in [4.78, 5) is 25.0. The molecule has 2 saturated heterocycles. The lowest BCUT2D eigenvalue weighted by atomic mass is 10.1.